The summed E-state index contributed by atoms with van der Waals surface area (Å²) in [6.45, 7) is 3.78. The van der Waals surface area contributed by atoms with Gasteiger partial charge in [0.25, 0.3) is 0 Å². The van der Waals surface area contributed by atoms with E-state index in [4.69, 9.17) is 10.00 Å². The van der Waals surface area contributed by atoms with Crippen molar-refractivity contribution < 1.29 is 14.6 Å². The average Bonchev–Trinajstić information content (AvgIpc) is 2.97. The Morgan fingerprint density at radius 1 is 1.05 bits per heavy atom. The number of carbonyl (C=O) groups is 1. The molecule has 4 rings (SSSR count). The molecule has 6 nitrogen and oxygen atoms in total. The van der Waals surface area contributed by atoms with Crippen molar-refractivity contribution in [2.24, 2.45) is 0 Å². The molecule has 0 aliphatic carbocycles. The SMILES string of the molecule is Cc1cc(CN2CCCCC2C(=O)O)c(OCCCCC#N)cc1C=Cc1cccc(-c2ccccc2)c1C#N. The molecule has 3 aromatic rings. The Kier molecular flexibility index (Phi) is 10.1. The number of aliphatic carboxylic acids is 1. The van der Waals surface area contributed by atoms with Gasteiger partial charge < -0.3 is 9.84 Å². The van der Waals surface area contributed by atoms with Gasteiger partial charge in [-0.15, -0.1) is 0 Å². The van der Waals surface area contributed by atoms with Gasteiger partial charge in [-0.1, -0.05) is 73.2 Å². The molecule has 0 aromatic heterocycles. The first-order chi connectivity index (χ1) is 19.5. The molecule has 1 saturated heterocycles. The topological polar surface area (TPSA) is 97.3 Å². The van der Waals surface area contributed by atoms with Crippen LogP contribution in [0.15, 0.2) is 60.7 Å². The zero-order chi connectivity index (χ0) is 28.3. The number of likely N-dealkylation sites (tertiary alicyclic amines) is 1. The largest absolute Gasteiger partial charge is 0.493 e. The Hall–Kier alpha value is -4.39. The maximum absolute atomic E-state index is 11.9. The van der Waals surface area contributed by atoms with E-state index in [2.05, 4.69) is 18.2 Å². The van der Waals surface area contributed by atoms with E-state index in [-0.39, 0.29) is 0 Å². The van der Waals surface area contributed by atoms with Gasteiger partial charge in [0, 0.05) is 24.1 Å². The third kappa shape index (κ3) is 7.17. The minimum atomic E-state index is -0.777. The molecule has 0 amide bonds. The van der Waals surface area contributed by atoms with Gasteiger partial charge in [-0.2, -0.15) is 10.5 Å². The fourth-order valence-electron chi connectivity index (χ4n) is 5.24. The second-order valence-electron chi connectivity index (χ2n) is 10.2. The van der Waals surface area contributed by atoms with E-state index in [1.807, 2.05) is 78.6 Å². The highest BCUT2D eigenvalue weighted by Gasteiger charge is 2.29. The lowest BCUT2D eigenvalue weighted by Gasteiger charge is -2.33. The fourth-order valence-corrected chi connectivity index (χ4v) is 5.24. The van der Waals surface area contributed by atoms with Crippen LogP contribution >= 0.6 is 0 Å². The normalized spacial score (nSPS) is 15.4. The van der Waals surface area contributed by atoms with E-state index in [0.29, 0.717) is 31.6 Å². The molecule has 0 spiro atoms. The number of nitrogens with zero attached hydrogens (tertiary/aromatic N) is 3. The van der Waals surface area contributed by atoms with Crippen molar-refractivity contribution in [3.63, 3.8) is 0 Å². The lowest BCUT2D eigenvalue weighted by Crippen LogP contribution is -2.44. The van der Waals surface area contributed by atoms with Gasteiger partial charge >= 0.3 is 5.97 Å². The molecule has 1 aliphatic rings. The quantitative estimate of drug-likeness (QED) is 0.206. The van der Waals surface area contributed by atoms with Crippen LogP contribution in [0.2, 0.25) is 0 Å². The zero-order valence-corrected chi connectivity index (χ0v) is 23.0. The van der Waals surface area contributed by atoms with Gasteiger partial charge in [0.05, 0.1) is 18.2 Å². The van der Waals surface area contributed by atoms with Crippen LogP contribution in [0.3, 0.4) is 0 Å². The molecule has 3 aromatic carbocycles. The van der Waals surface area contributed by atoms with Crippen LogP contribution in [-0.4, -0.2) is 35.2 Å². The maximum atomic E-state index is 11.9. The molecular formula is C34H35N3O3. The number of ether oxygens (including phenoxy) is 1. The first-order valence-corrected chi connectivity index (χ1v) is 13.9. The van der Waals surface area contributed by atoms with Gasteiger partial charge in [-0.3, -0.25) is 9.69 Å². The number of piperidine rings is 1. The number of carboxylic acids is 1. The van der Waals surface area contributed by atoms with Crippen molar-refractivity contribution in [2.75, 3.05) is 13.2 Å². The van der Waals surface area contributed by atoms with E-state index in [9.17, 15) is 15.2 Å². The standard InChI is InChI=1S/C34H35N3O3/c1-25-21-29(24-37-19-8-6-15-32(37)34(38)39)33(40-20-9-3-7-18-35)22-28(25)17-16-27-13-10-14-30(31(27)23-36)26-11-4-2-5-12-26/h2,4-5,10-14,16-17,21-22,32H,3,6-9,15,19-20,24H2,1H3,(H,38,39). The number of aryl methyl sites for hydroxylation is 1. The van der Waals surface area contributed by atoms with E-state index in [1.54, 1.807) is 0 Å². The summed E-state index contributed by atoms with van der Waals surface area (Å²) in [6.07, 6.45) is 8.57. The van der Waals surface area contributed by atoms with E-state index in [1.165, 1.54) is 0 Å². The number of carboxylic acid groups (broad SMARTS) is 1. The lowest BCUT2D eigenvalue weighted by atomic mass is 9.95. The number of nitriles is 2. The van der Waals surface area contributed by atoms with Crippen LogP contribution < -0.4 is 4.74 Å². The molecule has 0 bridgehead atoms. The van der Waals surface area contributed by atoms with Crippen LogP contribution in [0.25, 0.3) is 23.3 Å². The van der Waals surface area contributed by atoms with Crippen LogP contribution in [0, 0.1) is 29.6 Å². The van der Waals surface area contributed by atoms with Crippen LogP contribution in [0.1, 0.15) is 66.3 Å². The summed E-state index contributed by atoms with van der Waals surface area (Å²) >= 11 is 0. The highest BCUT2D eigenvalue weighted by atomic mass is 16.5. The van der Waals surface area contributed by atoms with Gasteiger partial charge in [-0.05, 0) is 67.5 Å². The first kappa shape index (κ1) is 28.6. The van der Waals surface area contributed by atoms with Crippen molar-refractivity contribution in [1.82, 2.24) is 4.90 Å². The Morgan fingerprint density at radius 2 is 1.85 bits per heavy atom. The van der Waals surface area contributed by atoms with Crippen LogP contribution in [0.4, 0.5) is 0 Å². The Balaban J connectivity index is 1.64. The second-order valence-corrected chi connectivity index (χ2v) is 10.2. The zero-order valence-electron chi connectivity index (χ0n) is 23.0. The van der Waals surface area contributed by atoms with E-state index in [0.717, 1.165) is 71.4 Å². The summed E-state index contributed by atoms with van der Waals surface area (Å²) in [6, 6.07) is 23.9. The third-order valence-electron chi connectivity index (χ3n) is 7.40. The molecule has 0 saturated carbocycles. The second kappa shape index (κ2) is 14.1. The monoisotopic (exact) mass is 533 g/mol. The van der Waals surface area contributed by atoms with Gasteiger partial charge in [0.15, 0.2) is 0 Å². The predicted molar refractivity (Wildman–Crippen MR) is 157 cm³/mol. The number of hydrogen-bond donors (Lipinski definition) is 1. The predicted octanol–water partition coefficient (Wildman–Crippen LogP) is 7.22. The van der Waals surface area contributed by atoms with Gasteiger partial charge in [0.1, 0.15) is 17.9 Å². The summed E-state index contributed by atoms with van der Waals surface area (Å²) in [5, 5.41) is 28.6. The Labute approximate surface area is 236 Å². The highest BCUT2D eigenvalue weighted by molar-refractivity contribution is 5.81. The minimum absolute atomic E-state index is 0.487. The molecule has 6 heteroatoms. The highest BCUT2D eigenvalue weighted by Crippen LogP contribution is 2.31. The van der Waals surface area contributed by atoms with Crippen LogP contribution in [0.5, 0.6) is 5.75 Å². The molecule has 1 atom stereocenters. The smallest absolute Gasteiger partial charge is 0.320 e. The van der Waals surface area contributed by atoms with Crippen LogP contribution in [-0.2, 0) is 11.3 Å². The first-order valence-electron chi connectivity index (χ1n) is 13.9. The van der Waals surface area contributed by atoms with Gasteiger partial charge in [-0.25, -0.2) is 0 Å². The Morgan fingerprint density at radius 3 is 2.60 bits per heavy atom. The number of unbranched alkanes of at least 4 members (excludes halogenated alkanes) is 2. The molecule has 0 radical (unpaired) electrons. The molecule has 40 heavy (non-hydrogen) atoms. The molecule has 1 aliphatic heterocycles. The number of hydrogen-bond acceptors (Lipinski definition) is 5. The van der Waals surface area contributed by atoms with Crippen molar-refractivity contribution in [3.05, 3.63) is 88.5 Å². The average molecular weight is 534 g/mol. The Bertz CT molecular complexity index is 1430. The maximum Gasteiger partial charge on any atom is 0.320 e. The lowest BCUT2D eigenvalue weighted by molar-refractivity contribution is -0.144. The minimum Gasteiger partial charge on any atom is -0.493 e. The van der Waals surface area contributed by atoms with Gasteiger partial charge in [0.2, 0.25) is 0 Å². The summed E-state index contributed by atoms with van der Waals surface area (Å²) in [4.78, 5) is 13.9. The van der Waals surface area contributed by atoms with Crippen molar-refractivity contribution in [3.8, 4) is 29.0 Å². The summed E-state index contributed by atoms with van der Waals surface area (Å²) in [5.74, 6) is -0.0450. The molecule has 1 N–H and O–H groups in total. The summed E-state index contributed by atoms with van der Waals surface area (Å²) in [7, 11) is 0. The van der Waals surface area contributed by atoms with Crippen molar-refractivity contribution >= 4 is 18.1 Å². The molecule has 1 unspecified atom stereocenters. The number of rotatable bonds is 11. The molecular weight excluding hydrogens is 498 g/mol. The van der Waals surface area contributed by atoms with Crippen molar-refractivity contribution in [1.29, 1.82) is 10.5 Å². The van der Waals surface area contributed by atoms with E-state index >= 15 is 0 Å². The molecule has 1 fully saturated rings. The number of benzene rings is 3. The van der Waals surface area contributed by atoms with E-state index < -0.39 is 12.0 Å². The molecule has 204 valence electrons. The summed E-state index contributed by atoms with van der Waals surface area (Å²) < 4.78 is 6.22. The van der Waals surface area contributed by atoms with Crippen molar-refractivity contribution in [2.45, 2.75) is 58.0 Å². The molecule has 1 heterocycles. The fraction of sp³-hybridized carbons (Fsp3) is 0.324. The third-order valence-corrected chi connectivity index (χ3v) is 7.40. The summed E-state index contributed by atoms with van der Waals surface area (Å²) in [5.41, 5.74) is 6.34.